The molecule has 0 amide bonds. The lowest BCUT2D eigenvalue weighted by molar-refractivity contribution is 0.647. The number of nitrogens with zero attached hydrogens (tertiary/aromatic N) is 2. The Morgan fingerprint density at radius 1 is 1.31 bits per heavy atom. The number of pyridine rings is 1. The van der Waals surface area contributed by atoms with Gasteiger partial charge in [0.15, 0.2) is 0 Å². The molecule has 0 saturated heterocycles. The number of halogens is 2. The SMILES string of the molecule is CN(c1nc(N)c(Cl)cc1Cl)C1CCCC1. The first-order chi connectivity index (χ1) is 7.59. The van der Waals surface area contributed by atoms with Gasteiger partial charge in [0, 0.05) is 13.1 Å². The quantitative estimate of drug-likeness (QED) is 0.886. The van der Waals surface area contributed by atoms with Gasteiger partial charge in [-0.05, 0) is 18.9 Å². The summed E-state index contributed by atoms with van der Waals surface area (Å²) >= 11 is 12.0. The second-order valence-electron chi connectivity index (χ2n) is 4.21. The Hall–Kier alpha value is -0.670. The van der Waals surface area contributed by atoms with Crippen LogP contribution in [0, 0.1) is 0 Å². The summed E-state index contributed by atoms with van der Waals surface area (Å²) in [5.41, 5.74) is 5.70. The molecule has 1 aliphatic carbocycles. The van der Waals surface area contributed by atoms with Gasteiger partial charge in [0.05, 0.1) is 10.0 Å². The van der Waals surface area contributed by atoms with Crippen LogP contribution in [0.5, 0.6) is 0 Å². The molecule has 0 unspecified atom stereocenters. The van der Waals surface area contributed by atoms with E-state index < -0.39 is 0 Å². The predicted molar refractivity (Wildman–Crippen MR) is 69.3 cm³/mol. The number of nitrogens with two attached hydrogens (primary N) is 1. The van der Waals surface area contributed by atoms with Crippen molar-refractivity contribution in [1.29, 1.82) is 0 Å². The Bertz CT molecular complexity index is 389. The van der Waals surface area contributed by atoms with Crippen molar-refractivity contribution in [1.82, 2.24) is 4.98 Å². The molecule has 1 aliphatic rings. The van der Waals surface area contributed by atoms with Crippen LogP contribution >= 0.6 is 23.2 Å². The zero-order chi connectivity index (χ0) is 11.7. The van der Waals surface area contributed by atoms with E-state index in [0.29, 0.717) is 21.9 Å². The van der Waals surface area contributed by atoms with Gasteiger partial charge in [-0.25, -0.2) is 4.98 Å². The van der Waals surface area contributed by atoms with Gasteiger partial charge in [0.2, 0.25) is 0 Å². The van der Waals surface area contributed by atoms with Gasteiger partial charge < -0.3 is 10.6 Å². The topological polar surface area (TPSA) is 42.2 Å². The number of anilines is 2. The molecule has 0 bridgehead atoms. The fourth-order valence-corrected chi connectivity index (χ4v) is 2.67. The van der Waals surface area contributed by atoms with Crippen molar-refractivity contribution >= 4 is 34.8 Å². The molecular formula is C11H15Cl2N3. The molecule has 1 aromatic heterocycles. The van der Waals surface area contributed by atoms with Gasteiger partial charge in [0.1, 0.15) is 11.6 Å². The van der Waals surface area contributed by atoms with Gasteiger partial charge in [-0.15, -0.1) is 0 Å². The maximum atomic E-state index is 6.13. The Morgan fingerprint density at radius 2 is 1.94 bits per heavy atom. The second-order valence-corrected chi connectivity index (χ2v) is 5.02. The van der Waals surface area contributed by atoms with Gasteiger partial charge >= 0.3 is 0 Å². The molecule has 16 heavy (non-hydrogen) atoms. The van der Waals surface area contributed by atoms with Crippen LogP contribution in [0.1, 0.15) is 25.7 Å². The monoisotopic (exact) mass is 259 g/mol. The second kappa shape index (κ2) is 4.68. The molecule has 1 heterocycles. The van der Waals surface area contributed by atoms with E-state index in [1.54, 1.807) is 6.07 Å². The molecule has 1 aromatic rings. The first kappa shape index (κ1) is 11.8. The number of rotatable bonds is 2. The van der Waals surface area contributed by atoms with Crippen molar-refractivity contribution in [3.05, 3.63) is 16.1 Å². The van der Waals surface area contributed by atoms with E-state index in [0.717, 1.165) is 5.82 Å². The lowest BCUT2D eigenvalue weighted by atomic mass is 10.2. The van der Waals surface area contributed by atoms with Crippen LogP contribution in [0.2, 0.25) is 10.0 Å². The average molecular weight is 260 g/mol. The minimum absolute atomic E-state index is 0.339. The third kappa shape index (κ3) is 2.20. The number of nitrogen functional groups attached to an aromatic ring is 1. The molecule has 0 aromatic carbocycles. The van der Waals surface area contributed by atoms with Crippen LogP contribution < -0.4 is 10.6 Å². The van der Waals surface area contributed by atoms with Gasteiger partial charge in [0.25, 0.3) is 0 Å². The third-order valence-corrected chi connectivity index (χ3v) is 3.73. The van der Waals surface area contributed by atoms with Gasteiger partial charge in [-0.2, -0.15) is 0 Å². The van der Waals surface area contributed by atoms with Crippen molar-refractivity contribution in [3.8, 4) is 0 Å². The Kier molecular flexibility index (Phi) is 3.45. The maximum Gasteiger partial charge on any atom is 0.149 e. The number of aromatic nitrogens is 1. The summed E-state index contributed by atoms with van der Waals surface area (Å²) in [5.74, 6) is 1.07. The maximum absolute atomic E-state index is 6.13. The summed E-state index contributed by atoms with van der Waals surface area (Å²) in [6.45, 7) is 0. The first-order valence-corrected chi connectivity index (χ1v) is 6.19. The van der Waals surface area contributed by atoms with Crippen molar-refractivity contribution in [2.75, 3.05) is 17.7 Å². The van der Waals surface area contributed by atoms with E-state index in [1.165, 1.54) is 25.7 Å². The predicted octanol–water partition coefficient (Wildman–Crippen LogP) is 3.35. The van der Waals surface area contributed by atoms with Crippen LogP contribution in [0.15, 0.2) is 6.07 Å². The van der Waals surface area contributed by atoms with E-state index in [2.05, 4.69) is 9.88 Å². The van der Waals surface area contributed by atoms with E-state index in [-0.39, 0.29) is 0 Å². The highest BCUT2D eigenvalue weighted by molar-refractivity contribution is 6.37. The molecule has 0 aliphatic heterocycles. The molecule has 1 saturated carbocycles. The molecule has 2 rings (SSSR count). The Balaban J connectivity index is 2.28. The zero-order valence-electron chi connectivity index (χ0n) is 9.21. The molecule has 0 spiro atoms. The normalized spacial score (nSPS) is 16.7. The number of hydrogen-bond donors (Lipinski definition) is 1. The average Bonchev–Trinajstić information content (AvgIpc) is 2.75. The van der Waals surface area contributed by atoms with Crippen LogP contribution in [0.4, 0.5) is 11.6 Å². The summed E-state index contributed by atoms with van der Waals surface area (Å²) in [5, 5.41) is 0.974. The lowest BCUT2D eigenvalue weighted by Gasteiger charge is -2.26. The van der Waals surface area contributed by atoms with E-state index in [4.69, 9.17) is 28.9 Å². The Labute approximate surface area is 106 Å². The standard InChI is InChI=1S/C11H15Cl2N3/c1-16(7-4-2-3-5-7)11-9(13)6-8(12)10(14)15-11/h6-7H,2-5H2,1H3,(H2,14,15). The number of hydrogen-bond acceptors (Lipinski definition) is 3. The van der Waals surface area contributed by atoms with Crippen LogP contribution in [0.3, 0.4) is 0 Å². The van der Waals surface area contributed by atoms with E-state index >= 15 is 0 Å². The highest BCUT2D eigenvalue weighted by atomic mass is 35.5. The molecular weight excluding hydrogens is 245 g/mol. The molecule has 88 valence electrons. The minimum Gasteiger partial charge on any atom is -0.382 e. The molecule has 2 N–H and O–H groups in total. The summed E-state index contributed by atoms with van der Waals surface area (Å²) in [4.78, 5) is 6.37. The molecule has 0 radical (unpaired) electrons. The van der Waals surface area contributed by atoms with Crippen LogP contribution in [-0.4, -0.2) is 18.1 Å². The molecule has 0 atom stereocenters. The van der Waals surface area contributed by atoms with Crippen LogP contribution in [0.25, 0.3) is 0 Å². The van der Waals surface area contributed by atoms with Gasteiger partial charge in [-0.3, -0.25) is 0 Å². The summed E-state index contributed by atoms with van der Waals surface area (Å²) in [7, 11) is 2.01. The minimum atomic E-state index is 0.339. The smallest absolute Gasteiger partial charge is 0.149 e. The summed E-state index contributed by atoms with van der Waals surface area (Å²) in [6, 6.07) is 2.18. The lowest BCUT2D eigenvalue weighted by Crippen LogP contribution is -2.30. The van der Waals surface area contributed by atoms with Crippen molar-refractivity contribution in [2.45, 2.75) is 31.7 Å². The van der Waals surface area contributed by atoms with Crippen LogP contribution in [-0.2, 0) is 0 Å². The fraction of sp³-hybridized carbons (Fsp3) is 0.545. The largest absolute Gasteiger partial charge is 0.382 e. The first-order valence-electron chi connectivity index (χ1n) is 5.44. The third-order valence-electron chi connectivity index (χ3n) is 3.14. The van der Waals surface area contributed by atoms with E-state index in [9.17, 15) is 0 Å². The van der Waals surface area contributed by atoms with Crippen molar-refractivity contribution < 1.29 is 0 Å². The van der Waals surface area contributed by atoms with E-state index in [1.807, 2.05) is 7.05 Å². The fourth-order valence-electron chi connectivity index (χ4n) is 2.18. The summed E-state index contributed by atoms with van der Waals surface area (Å²) in [6.07, 6.45) is 4.93. The van der Waals surface area contributed by atoms with Crippen molar-refractivity contribution in [2.24, 2.45) is 0 Å². The summed E-state index contributed by atoms with van der Waals surface area (Å²) < 4.78 is 0. The molecule has 3 nitrogen and oxygen atoms in total. The molecule has 5 heteroatoms. The van der Waals surface area contributed by atoms with Crippen molar-refractivity contribution in [3.63, 3.8) is 0 Å². The molecule has 1 fully saturated rings. The highest BCUT2D eigenvalue weighted by Gasteiger charge is 2.22. The zero-order valence-corrected chi connectivity index (χ0v) is 10.7. The van der Waals surface area contributed by atoms with Gasteiger partial charge in [-0.1, -0.05) is 36.0 Å². The Morgan fingerprint density at radius 3 is 2.56 bits per heavy atom. The highest BCUT2D eigenvalue weighted by Crippen LogP contribution is 2.33.